The van der Waals surface area contributed by atoms with Crippen LogP contribution in [0, 0.1) is 0 Å². The van der Waals surface area contributed by atoms with Crippen LogP contribution >= 0.6 is 0 Å². The number of aliphatic hydroxyl groups excluding tert-OH is 1. The molecule has 0 fully saturated rings. The van der Waals surface area contributed by atoms with Gasteiger partial charge in [-0.1, -0.05) is 0 Å². The van der Waals surface area contributed by atoms with E-state index >= 15 is 0 Å². The molecule has 0 aromatic heterocycles. The molecular formula is C19H29NO11. The highest BCUT2D eigenvalue weighted by molar-refractivity contribution is 5.75. The number of amides is 1. The first kappa shape index (κ1) is 28.0. The van der Waals surface area contributed by atoms with Crippen molar-refractivity contribution in [3.05, 3.63) is 11.5 Å². The third-order valence-electron chi connectivity index (χ3n) is 3.42. The van der Waals surface area contributed by atoms with Gasteiger partial charge in [0, 0.05) is 40.5 Å². The van der Waals surface area contributed by atoms with E-state index in [1.807, 2.05) is 0 Å². The van der Waals surface area contributed by atoms with Crippen LogP contribution in [-0.4, -0.2) is 65.6 Å². The van der Waals surface area contributed by atoms with Gasteiger partial charge in [-0.3, -0.25) is 24.0 Å². The summed E-state index contributed by atoms with van der Waals surface area (Å²) in [4.78, 5) is 56.4. The number of ether oxygens (including phenoxy) is 4. The Morgan fingerprint density at radius 2 is 1.55 bits per heavy atom. The van der Waals surface area contributed by atoms with Gasteiger partial charge in [-0.2, -0.15) is 0 Å². The van der Waals surface area contributed by atoms with E-state index in [1.165, 1.54) is 6.92 Å². The molecule has 0 aliphatic carbocycles. The Hall–Kier alpha value is -2.99. The number of hydrogen-bond acceptors (Lipinski definition) is 10. The molecule has 0 saturated heterocycles. The van der Waals surface area contributed by atoms with Gasteiger partial charge in [0.15, 0.2) is 18.2 Å². The van der Waals surface area contributed by atoms with Crippen LogP contribution in [0.3, 0.4) is 0 Å². The fourth-order valence-electron chi connectivity index (χ4n) is 2.29. The van der Waals surface area contributed by atoms with Crippen molar-refractivity contribution >= 4 is 29.8 Å². The van der Waals surface area contributed by atoms with Gasteiger partial charge in [0.05, 0.1) is 13.2 Å². The smallest absolute Gasteiger partial charge is 0.307 e. The summed E-state index contributed by atoms with van der Waals surface area (Å²) in [6, 6.07) is 0. The minimum atomic E-state index is -1.80. The van der Waals surface area contributed by atoms with Gasteiger partial charge < -0.3 is 34.5 Å². The zero-order chi connectivity index (χ0) is 24.0. The lowest BCUT2D eigenvalue weighted by Crippen LogP contribution is -2.36. The molecule has 0 bridgehead atoms. The fourth-order valence-corrected chi connectivity index (χ4v) is 2.29. The Balaban J connectivity index is 5.79. The largest absolute Gasteiger partial charge is 0.481 e. The second-order valence-electron chi connectivity index (χ2n) is 6.35. The van der Waals surface area contributed by atoms with Crippen LogP contribution in [-0.2, 0) is 42.9 Å². The van der Waals surface area contributed by atoms with E-state index in [4.69, 9.17) is 24.1 Å². The summed E-state index contributed by atoms with van der Waals surface area (Å²) in [5.74, 6) is -4.21. The average Bonchev–Trinajstić information content (AvgIpc) is 2.62. The number of nitrogens with one attached hydrogen (secondary N) is 1. The van der Waals surface area contributed by atoms with Gasteiger partial charge in [-0.05, 0) is 12.8 Å². The number of carboxylic acids is 1. The molecule has 0 aliphatic rings. The normalized spacial score (nSPS) is 13.3. The molecule has 176 valence electrons. The molecule has 3 N–H and O–H groups in total. The molecule has 0 aliphatic heterocycles. The topological polar surface area (TPSA) is 175 Å². The van der Waals surface area contributed by atoms with Crippen LogP contribution in [0.4, 0.5) is 0 Å². The van der Waals surface area contributed by atoms with E-state index in [9.17, 15) is 29.1 Å². The molecule has 12 heteroatoms. The lowest BCUT2D eigenvalue weighted by molar-refractivity contribution is -0.153. The van der Waals surface area contributed by atoms with Gasteiger partial charge in [0.2, 0.25) is 5.91 Å². The van der Waals surface area contributed by atoms with E-state index < -0.39 is 47.9 Å². The first-order chi connectivity index (χ1) is 14.4. The summed E-state index contributed by atoms with van der Waals surface area (Å²) in [7, 11) is 0. The monoisotopic (exact) mass is 447 g/mol. The molecule has 0 aromatic carbocycles. The summed E-state index contributed by atoms with van der Waals surface area (Å²) >= 11 is 0. The predicted octanol–water partition coefficient (Wildman–Crippen LogP) is 0.372. The first-order valence-electron chi connectivity index (χ1n) is 9.46. The number of carbonyl (C=O) groups excluding carboxylic acids is 4. The van der Waals surface area contributed by atoms with E-state index in [0.29, 0.717) is 6.42 Å². The molecule has 0 heterocycles. The summed E-state index contributed by atoms with van der Waals surface area (Å²) in [5.41, 5.74) is -0.380. The Bertz CT molecular complexity index is 686. The van der Waals surface area contributed by atoms with Crippen molar-refractivity contribution in [3.63, 3.8) is 0 Å². The van der Waals surface area contributed by atoms with Crippen LogP contribution in [0.15, 0.2) is 11.5 Å². The number of esters is 3. The maximum atomic E-state index is 11.7. The van der Waals surface area contributed by atoms with Crippen molar-refractivity contribution in [2.24, 2.45) is 0 Å². The van der Waals surface area contributed by atoms with Crippen LogP contribution < -0.4 is 5.32 Å². The third kappa shape index (κ3) is 13.8. The summed E-state index contributed by atoms with van der Waals surface area (Å²) in [5, 5.41) is 21.3. The minimum absolute atomic E-state index is 0.0729. The number of unbranched alkanes of at least 4 members (excludes halogenated alkanes) is 1. The van der Waals surface area contributed by atoms with Crippen molar-refractivity contribution in [2.75, 3.05) is 13.2 Å². The van der Waals surface area contributed by atoms with Gasteiger partial charge in [0.25, 0.3) is 0 Å². The van der Waals surface area contributed by atoms with Crippen LogP contribution in [0.25, 0.3) is 0 Å². The van der Waals surface area contributed by atoms with E-state index in [-0.39, 0.29) is 38.2 Å². The van der Waals surface area contributed by atoms with Crippen molar-refractivity contribution in [1.29, 1.82) is 0 Å². The standard InChI is InChI=1S/C19H29NO11/c1-11(21)20-17(19(27)29-9-6-5-7-16(25)26)18(31-14(4)24)15(30-13(3)23)8-10-28-12(2)22/h15,19,27H,5-10H2,1-4H3,(H,20,21)(H,25,26)/b18-17-. The average molecular weight is 447 g/mol. The van der Waals surface area contributed by atoms with Gasteiger partial charge in [-0.25, -0.2) is 0 Å². The number of carboxylic acid groups (broad SMARTS) is 1. The molecule has 31 heavy (non-hydrogen) atoms. The van der Waals surface area contributed by atoms with Crippen molar-refractivity contribution in [3.8, 4) is 0 Å². The first-order valence-corrected chi connectivity index (χ1v) is 9.46. The van der Waals surface area contributed by atoms with E-state index in [2.05, 4.69) is 5.32 Å². The fraction of sp³-hybridized carbons (Fsp3) is 0.632. The highest BCUT2D eigenvalue weighted by Gasteiger charge is 2.30. The Morgan fingerprint density at radius 3 is 2.03 bits per heavy atom. The maximum absolute atomic E-state index is 11.7. The number of rotatable bonds is 14. The minimum Gasteiger partial charge on any atom is -0.481 e. The molecule has 0 saturated carbocycles. The number of aliphatic carboxylic acids is 1. The molecule has 0 aromatic rings. The lowest BCUT2D eigenvalue weighted by atomic mass is 10.1. The molecule has 1 amide bonds. The molecule has 0 radical (unpaired) electrons. The Labute approximate surface area is 179 Å². The molecule has 12 nitrogen and oxygen atoms in total. The lowest BCUT2D eigenvalue weighted by Gasteiger charge is -2.25. The Morgan fingerprint density at radius 1 is 0.903 bits per heavy atom. The highest BCUT2D eigenvalue weighted by atomic mass is 16.6. The zero-order valence-electron chi connectivity index (χ0n) is 18.0. The van der Waals surface area contributed by atoms with Crippen LogP contribution in [0.1, 0.15) is 53.4 Å². The Kier molecular flexibility index (Phi) is 13.5. The SMILES string of the molecule is CC(=O)N/C(=C(\OC(C)=O)C(CCOC(C)=O)OC(C)=O)C(O)OCCCCC(=O)O. The second kappa shape index (κ2) is 14.9. The van der Waals surface area contributed by atoms with Crippen molar-refractivity contribution < 1.29 is 53.1 Å². The predicted molar refractivity (Wildman–Crippen MR) is 103 cm³/mol. The van der Waals surface area contributed by atoms with Gasteiger partial charge >= 0.3 is 23.9 Å². The van der Waals surface area contributed by atoms with Crippen LogP contribution in [0.5, 0.6) is 0 Å². The number of carbonyl (C=O) groups is 5. The quantitative estimate of drug-likeness (QED) is 0.110. The summed E-state index contributed by atoms with van der Waals surface area (Å²) in [6.07, 6.45) is -2.74. The molecule has 0 spiro atoms. The molecule has 2 unspecified atom stereocenters. The van der Waals surface area contributed by atoms with E-state index in [0.717, 1.165) is 20.8 Å². The molecular weight excluding hydrogens is 418 g/mol. The third-order valence-corrected chi connectivity index (χ3v) is 3.42. The highest BCUT2D eigenvalue weighted by Crippen LogP contribution is 2.20. The second-order valence-corrected chi connectivity index (χ2v) is 6.35. The number of aliphatic hydroxyl groups is 1. The van der Waals surface area contributed by atoms with Crippen LogP contribution in [0.2, 0.25) is 0 Å². The van der Waals surface area contributed by atoms with Crippen molar-refractivity contribution in [1.82, 2.24) is 5.32 Å². The molecule has 2 atom stereocenters. The summed E-state index contributed by atoms with van der Waals surface area (Å²) in [6.45, 7) is 4.17. The number of hydrogen-bond donors (Lipinski definition) is 3. The van der Waals surface area contributed by atoms with Crippen molar-refractivity contribution in [2.45, 2.75) is 65.8 Å². The van der Waals surface area contributed by atoms with Gasteiger partial charge in [0.1, 0.15) is 5.70 Å². The maximum Gasteiger partial charge on any atom is 0.307 e. The van der Waals surface area contributed by atoms with E-state index in [1.54, 1.807) is 0 Å². The van der Waals surface area contributed by atoms with Gasteiger partial charge in [-0.15, -0.1) is 0 Å². The molecule has 0 rings (SSSR count). The summed E-state index contributed by atoms with van der Waals surface area (Å²) < 4.78 is 20.3. The zero-order valence-corrected chi connectivity index (χ0v) is 18.0.